The fourth-order valence-electron chi connectivity index (χ4n) is 4.42. The highest BCUT2D eigenvalue weighted by atomic mass is 16.5. The predicted octanol–water partition coefficient (Wildman–Crippen LogP) is 8.74. The number of benzene rings is 3. The van der Waals surface area contributed by atoms with Crippen LogP contribution in [-0.2, 0) is 12.8 Å². The van der Waals surface area contributed by atoms with Crippen LogP contribution in [0.1, 0.15) is 85.8 Å². The van der Waals surface area contributed by atoms with Crippen LogP contribution >= 0.6 is 0 Å². The van der Waals surface area contributed by atoms with Gasteiger partial charge in [0, 0.05) is 0 Å². The van der Waals surface area contributed by atoms with Crippen LogP contribution in [0.2, 0.25) is 0 Å². The van der Waals surface area contributed by atoms with Gasteiger partial charge in [-0.1, -0.05) is 107 Å². The van der Waals surface area contributed by atoms with Crippen LogP contribution < -0.4 is 4.74 Å². The Kier molecular flexibility index (Phi) is 9.75. The fraction of sp³-hybridized carbons (Fsp3) is 0.387. The van der Waals surface area contributed by atoms with Crippen LogP contribution in [0.5, 0.6) is 5.75 Å². The monoisotopic (exact) mass is 442 g/mol. The van der Waals surface area contributed by atoms with Gasteiger partial charge in [-0.3, -0.25) is 0 Å². The summed E-state index contributed by atoms with van der Waals surface area (Å²) in [5.74, 6) is 0.451. The van der Waals surface area contributed by atoms with Gasteiger partial charge in [0.2, 0.25) is 0 Å². The zero-order valence-corrected chi connectivity index (χ0v) is 20.5. The standard InChI is InChI=1S/C31H38O2/c1-4-6-8-9-11-19-26-20-15-22-28(25-17-12-10-13-18-25)30(26)31(32)33-29-23-14-16-24(3)27(29)21-7-5-2/h10,12-18,20,22-23H,4-9,11,19,21H2,1-3H3. The van der Waals surface area contributed by atoms with Crippen molar-refractivity contribution in [2.45, 2.75) is 78.6 Å². The number of hydrogen-bond acceptors (Lipinski definition) is 2. The van der Waals surface area contributed by atoms with Crippen LogP contribution in [0.15, 0.2) is 66.7 Å². The average molecular weight is 443 g/mol. The molecule has 0 atom stereocenters. The van der Waals surface area contributed by atoms with Gasteiger partial charge in [0.25, 0.3) is 0 Å². The predicted molar refractivity (Wildman–Crippen MR) is 139 cm³/mol. The molecule has 3 aromatic rings. The Labute approximate surface area is 200 Å². The smallest absolute Gasteiger partial charge is 0.344 e. The summed E-state index contributed by atoms with van der Waals surface area (Å²) < 4.78 is 6.12. The molecule has 0 N–H and O–H groups in total. The lowest BCUT2D eigenvalue weighted by Gasteiger charge is -2.17. The SMILES string of the molecule is CCCCCCCc1cccc(-c2ccccc2)c1C(=O)Oc1cccc(C)c1CCCC. The molecule has 0 amide bonds. The van der Waals surface area contributed by atoms with Crippen molar-refractivity contribution in [1.82, 2.24) is 0 Å². The molecule has 0 bridgehead atoms. The highest BCUT2D eigenvalue weighted by molar-refractivity contribution is 6.00. The second-order valence-electron chi connectivity index (χ2n) is 8.91. The first-order valence-electron chi connectivity index (χ1n) is 12.6. The number of carbonyl (C=O) groups is 1. The molecule has 174 valence electrons. The summed E-state index contributed by atoms with van der Waals surface area (Å²) in [5, 5.41) is 0. The van der Waals surface area contributed by atoms with E-state index in [-0.39, 0.29) is 5.97 Å². The number of hydrogen-bond donors (Lipinski definition) is 0. The topological polar surface area (TPSA) is 26.3 Å². The van der Waals surface area contributed by atoms with E-state index in [0.29, 0.717) is 11.3 Å². The summed E-state index contributed by atoms with van der Waals surface area (Å²) in [6.07, 6.45) is 10.0. The molecule has 0 heterocycles. The average Bonchev–Trinajstić information content (AvgIpc) is 2.84. The number of rotatable bonds is 12. The number of unbranched alkanes of at least 4 members (excludes halogenated alkanes) is 5. The van der Waals surface area contributed by atoms with Gasteiger partial charge in [-0.2, -0.15) is 0 Å². The van der Waals surface area contributed by atoms with Crippen LogP contribution in [0.3, 0.4) is 0 Å². The zero-order valence-electron chi connectivity index (χ0n) is 20.5. The molecule has 3 rings (SSSR count). The van der Waals surface area contributed by atoms with Crippen molar-refractivity contribution >= 4 is 5.97 Å². The molecular weight excluding hydrogens is 404 g/mol. The van der Waals surface area contributed by atoms with Crippen molar-refractivity contribution in [3.05, 3.63) is 89.0 Å². The van der Waals surface area contributed by atoms with Crippen molar-refractivity contribution in [2.75, 3.05) is 0 Å². The van der Waals surface area contributed by atoms with E-state index in [1.165, 1.54) is 31.2 Å². The Hall–Kier alpha value is -2.87. The van der Waals surface area contributed by atoms with E-state index < -0.39 is 0 Å². The molecule has 0 saturated heterocycles. The van der Waals surface area contributed by atoms with Crippen molar-refractivity contribution in [1.29, 1.82) is 0 Å². The maximum atomic E-state index is 13.7. The lowest BCUT2D eigenvalue weighted by Crippen LogP contribution is -2.14. The van der Waals surface area contributed by atoms with Gasteiger partial charge in [0.15, 0.2) is 0 Å². The molecule has 0 aromatic heterocycles. The molecule has 0 aliphatic rings. The quantitative estimate of drug-likeness (QED) is 0.159. The lowest BCUT2D eigenvalue weighted by molar-refractivity contribution is 0.0732. The molecule has 0 unspecified atom stereocenters. The summed E-state index contributed by atoms with van der Waals surface area (Å²) in [4.78, 5) is 13.7. The second-order valence-corrected chi connectivity index (χ2v) is 8.91. The summed E-state index contributed by atoms with van der Waals surface area (Å²) in [6.45, 7) is 6.52. The molecule has 0 saturated carbocycles. The van der Waals surface area contributed by atoms with Crippen molar-refractivity contribution in [3.8, 4) is 16.9 Å². The maximum absolute atomic E-state index is 13.7. The molecule has 33 heavy (non-hydrogen) atoms. The van der Waals surface area contributed by atoms with E-state index in [2.05, 4.69) is 51.1 Å². The van der Waals surface area contributed by atoms with E-state index in [4.69, 9.17) is 4.74 Å². The van der Waals surface area contributed by atoms with Gasteiger partial charge in [0.05, 0.1) is 5.56 Å². The third kappa shape index (κ3) is 6.81. The Morgan fingerprint density at radius 1 is 0.727 bits per heavy atom. The molecule has 2 nitrogen and oxygen atoms in total. The minimum atomic E-state index is -0.249. The van der Waals surface area contributed by atoms with E-state index >= 15 is 0 Å². The van der Waals surface area contributed by atoms with E-state index in [1.807, 2.05) is 36.4 Å². The van der Waals surface area contributed by atoms with E-state index in [9.17, 15) is 4.79 Å². The van der Waals surface area contributed by atoms with Gasteiger partial charge < -0.3 is 4.74 Å². The number of esters is 1. The normalized spacial score (nSPS) is 10.9. The van der Waals surface area contributed by atoms with Gasteiger partial charge in [-0.05, 0) is 66.5 Å². The van der Waals surface area contributed by atoms with E-state index in [0.717, 1.165) is 54.4 Å². The first-order chi connectivity index (χ1) is 16.2. The third-order valence-electron chi connectivity index (χ3n) is 6.34. The van der Waals surface area contributed by atoms with Crippen molar-refractivity contribution < 1.29 is 9.53 Å². The molecule has 0 fully saturated rings. The molecule has 0 aliphatic heterocycles. The highest BCUT2D eigenvalue weighted by Crippen LogP contribution is 2.31. The Balaban J connectivity index is 1.94. The Morgan fingerprint density at radius 2 is 1.45 bits per heavy atom. The van der Waals surface area contributed by atoms with Gasteiger partial charge >= 0.3 is 5.97 Å². The van der Waals surface area contributed by atoms with Crippen molar-refractivity contribution in [2.24, 2.45) is 0 Å². The highest BCUT2D eigenvalue weighted by Gasteiger charge is 2.21. The number of aryl methyl sites for hydroxylation is 2. The number of carbonyl (C=O) groups excluding carboxylic acids is 1. The summed E-state index contributed by atoms with van der Waals surface area (Å²) in [7, 11) is 0. The minimum absolute atomic E-state index is 0.249. The Bertz CT molecular complexity index is 1020. The summed E-state index contributed by atoms with van der Waals surface area (Å²) >= 11 is 0. The molecule has 0 spiro atoms. The molecule has 2 heteroatoms. The summed E-state index contributed by atoms with van der Waals surface area (Å²) in [5.41, 5.74) is 6.12. The molecule has 0 radical (unpaired) electrons. The fourth-order valence-corrected chi connectivity index (χ4v) is 4.42. The first kappa shape index (κ1) is 24.8. The van der Waals surface area contributed by atoms with Gasteiger partial charge in [-0.25, -0.2) is 4.79 Å². The second kappa shape index (κ2) is 13.0. The van der Waals surface area contributed by atoms with Gasteiger partial charge in [0.1, 0.15) is 5.75 Å². The van der Waals surface area contributed by atoms with Crippen LogP contribution in [0.4, 0.5) is 0 Å². The van der Waals surface area contributed by atoms with E-state index in [1.54, 1.807) is 0 Å². The summed E-state index contributed by atoms with van der Waals surface area (Å²) in [6, 6.07) is 22.4. The molecule has 3 aromatic carbocycles. The van der Waals surface area contributed by atoms with Crippen molar-refractivity contribution in [3.63, 3.8) is 0 Å². The zero-order chi connectivity index (χ0) is 23.5. The third-order valence-corrected chi connectivity index (χ3v) is 6.34. The maximum Gasteiger partial charge on any atom is 0.344 e. The van der Waals surface area contributed by atoms with Crippen LogP contribution in [0.25, 0.3) is 11.1 Å². The Morgan fingerprint density at radius 3 is 2.21 bits per heavy atom. The largest absolute Gasteiger partial charge is 0.423 e. The van der Waals surface area contributed by atoms with Crippen LogP contribution in [0, 0.1) is 6.92 Å². The lowest BCUT2D eigenvalue weighted by atomic mass is 9.92. The number of ether oxygens (including phenoxy) is 1. The van der Waals surface area contributed by atoms with Gasteiger partial charge in [-0.15, -0.1) is 0 Å². The molecular formula is C31H38O2. The minimum Gasteiger partial charge on any atom is -0.423 e. The van der Waals surface area contributed by atoms with Crippen LogP contribution in [-0.4, -0.2) is 5.97 Å². The first-order valence-corrected chi connectivity index (χ1v) is 12.6. The molecule has 0 aliphatic carbocycles.